The van der Waals surface area contributed by atoms with E-state index in [4.69, 9.17) is 21.7 Å². The second-order valence-corrected chi connectivity index (χ2v) is 5.88. The third-order valence-electron chi connectivity index (χ3n) is 3.83. The third-order valence-corrected chi connectivity index (χ3v) is 4.17. The van der Waals surface area contributed by atoms with E-state index in [-0.39, 0.29) is 24.0 Å². The Morgan fingerprint density at radius 2 is 2.04 bits per heavy atom. The quantitative estimate of drug-likeness (QED) is 0.567. The van der Waals surface area contributed by atoms with Gasteiger partial charge in [-0.1, -0.05) is 0 Å². The highest BCUT2D eigenvalue weighted by Gasteiger charge is 2.34. The average molecular weight is 379 g/mol. The zero-order valence-corrected chi connectivity index (χ0v) is 15.4. The number of hydrogen-bond donors (Lipinski definition) is 2. The number of rotatable bonds is 5. The van der Waals surface area contributed by atoms with E-state index >= 15 is 0 Å². The molecule has 9 heteroatoms. The fourth-order valence-corrected chi connectivity index (χ4v) is 2.83. The summed E-state index contributed by atoms with van der Waals surface area (Å²) < 4.78 is 9.96. The van der Waals surface area contributed by atoms with Crippen molar-refractivity contribution in [1.82, 2.24) is 15.5 Å². The summed E-state index contributed by atoms with van der Waals surface area (Å²) in [6, 6.07) is 5.73. The van der Waals surface area contributed by atoms with Crippen molar-refractivity contribution >= 4 is 35.1 Å². The Kier molecular flexibility index (Phi) is 6.90. The van der Waals surface area contributed by atoms with Crippen LogP contribution in [-0.2, 0) is 14.3 Å². The zero-order valence-electron chi connectivity index (χ0n) is 14.6. The number of nitrogens with one attached hydrogen (secondary N) is 2. The number of esters is 1. The lowest BCUT2D eigenvalue weighted by Gasteiger charge is -2.36. The Hall–Kier alpha value is -2.68. The van der Waals surface area contributed by atoms with Crippen molar-refractivity contribution in [3.63, 3.8) is 0 Å². The van der Waals surface area contributed by atoms with E-state index in [2.05, 4.69) is 10.6 Å². The topological polar surface area (TPSA) is 97.0 Å². The first kappa shape index (κ1) is 19.6. The van der Waals surface area contributed by atoms with Gasteiger partial charge in [0, 0.05) is 18.7 Å². The molecule has 1 aliphatic heterocycles. The van der Waals surface area contributed by atoms with Gasteiger partial charge in [-0.15, -0.1) is 0 Å². The lowest BCUT2D eigenvalue weighted by molar-refractivity contribution is -0.147. The number of ether oxygens (including phenoxy) is 2. The summed E-state index contributed by atoms with van der Waals surface area (Å²) in [6.45, 7) is 2.68. The standard InChI is InChI=1S/C17H21N3O5S/c1-3-25-14(21)10-13-16(23)18-8-9-20(13)17(26)19-15(22)11-4-6-12(24-2)7-5-11/h4-7,13H,3,8-10H2,1-2H3,(H,18,23)(H,19,22,26). The SMILES string of the molecule is CCOC(=O)CC1C(=O)NCCN1C(=S)NC(=O)c1ccc(OC)cc1. The maximum absolute atomic E-state index is 12.4. The monoisotopic (exact) mass is 379 g/mol. The number of carbonyl (C=O) groups excluding carboxylic acids is 3. The molecule has 0 radical (unpaired) electrons. The van der Waals surface area contributed by atoms with Crippen LogP contribution in [0.15, 0.2) is 24.3 Å². The van der Waals surface area contributed by atoms with Crippen LogP contribution in [0.1, 0.15) is 23.7 Å². The van der Waals surface area contributed by atoms with E-state index < -0.39 is 17.9 Å². The van der Waals surface area contributed by atoms with Crippen molar-refractivity contribution in [1.29, 1.82) is 0 Å². The van der Waals surface area contributed by atoms with Gasteiger partial charge >= 0.3 is 5.97 Å². The molecule has 26 heavy (non-hydrogen) atoms. The van der Waals surface area contributed by atoms with Crippen molar-refractivity contribution in [2.24, 2.45) is 0 Å². The molecule has 1 fully saturated rings. The minimum Gasteiger partial charge on any atom is -0.497 e. The molecule has 2 N–H and O–H groups in total. The van der Waals surface area contributed by atoms with Crippen LogP contribution in [0.4, 0.5) is 0 Å². The van der Waals surface area contributed by atoms with E-state index in [0.29, 0.717) is 24.4 Å². The lowest BCUT2D eigenvalue weighted by Crippen LogP contribution is -2.60. The molecule has 1 saturated heterocycles. The normalized spacial score (nSPS) is 16.5. The maximum atomic E-state index is 12.4. The minimum absolute atomic E-state index is 0.0926. The fourth-order valence-electron chi connectivity index (χ4n) is 2.52. The summed E-state index contributed by atoms with van der Waals surface area (Å²) in [6.07, 6.45) is -0.141. The van der Waals surface area contributed by atoms with Crippen molar-refractivity contribution in [3.8, 4) is 5.75 Å². The van der Waals surface area contributed by atoms with Gasteiger partial charge in [0.1, 0.15) is 11.8 Å². The first-order valence-corrected chi connectivity index (χ1v) is 8.56. The van der Waals surface area contributed by atoms with E-state index in [0.717, 1.165) is 0 Å². The van der Waals surface area contributed by atoms with Gasteiger partial charge in [0.2, 0.25) is 5.91 Å². The Balaban J connectivity index is 2.05. The predicted molar refractivity (Wildman–Crippen MR) is 97.8 cm³/mol. The number of methoxy groups -OCH3 is 1. The van der Waals surface area contributed by atoms with Gasteiger partial charge < -0.3 is 19.7 Å². The molecule has 1 aromatic carbocycles. The van der Waals surface area contributed by atoms with Crippen LogP contribution >= 0.6 is 12.2 Å². The molecule has 0 bridgehead atoms. The van der Waals surface area contributed by atoms with Crippen LogP contribution in [0.25, 0.3) is 0 Å². The molecule has 0 spiro atoms. The first-order chi connectivity index (χ1) is 12.5. The molecule has 1 aliphatic rings. The maximum Gasteiger partial charge on any atom is 0.308 e. The Morgan fingerprint density at radius 1 is 1.35 bits per heavy atom. The Bertz CT molecular complexity index is 692. The molecular weight excluding hydrogens is 358 g/mol. The van der Waals surface area contributed by atoms with E-state index in [1.165, 1.54) is 12.0 Å². The lowest BCUT2D eigenvalue weighted by atomic mass is 10.1. The Morgan fingerprint density at radius 3 is 2.65 bits per heavy atom. The van der Waals surface area contributed by atoms with Gasteiger partial charge in [-0.25, -0.2) is 0 Å². The van der Waals surface area contributed by atoms with Crippen LogP contribution in [0, 0.1) is 0 Å². The number of piperazine rings is 1. The van der Waals surface area contributed by atoms with Crippen molar-refractivity contribution in [3.05, 3.63) is 29.8 Å². The molecular formula is C17H21N3O5S. The van der Waals surface area contributed by atoms with Crippen LogP contribution in [0.5, 0.6) is 5.75 Å². The number of thiocarbonyl (C=S) groups is 1. The number of nitrogens with zero attached hydrogens (tertiary/aromatic N) is 1. The van der Waals surface area contributed by atoms with Crippen molar-refractivity contribution in [2.45, 2.75) is 19.4 Å². The van der Waals surface area contributed by atoms with Gasteiger partial charge in [-0.3, -0.25) is 19.7 Å². The summed E-state index contributed by atoms with van der Waals surface area (Å²) in [4.78, 5) is 37.8. The second kappa shape index (κ2) is 9.14. The number of benzene rings is 1. The van der Waals surface area contributed by atoms with Gasteiger partial charge in [0.15, 0.2) is 5.11 Å². The predicted octanol–water partition coefficient (Wildman–Crippen LogP) is 0.464. The summed E-state index contributed by atoms with van der Waals surface area (Å²) in [5.74, 6) is -0.598. The van der Waals surface area contributed by atoms with E-state index in [1.54, 1.807) is 31.2 Å². The van der Waals surface area contributed by atoms with Gasteiger partial charge in [-0.05, 0) is 43.4 Å². The highest BCUT2D eigenvalue weighted by Crippen LogP contribution is 2.13. The molecule has 0 aromatic heterocycles. The van der Waals surface area contributed by atoms with Gasteiger partial charge in [0.05, 0.1) is 20.1 Å². The Labute approximate surface area is 156 Å². The minimum atomic E-state index is -0.813. The van der Waals surface area contributed by atoms with Gasteiger partial charge in [-0.2, -0.15) is 0 Å². The summed E-state index contributed by atoms with van der Waals surface area (Å²) in [7, 11) is 1.54. The summed E-state index contributed by atoms with van der Waals surface area (Å²) >= 11 is 5.28. The summed E-state index contributed by atoms with van der Waals surface area (Å²) in [5.41, 5.74) is 0.400. The largest absolute Gasteiger partial charge is 0.497 e. The van der Waals surface area contributed by atoms with E-state index in [9.17, 15) is 14.4 Å². The molecule has 1 unspecified atom stereocenters. The van der Waals surface area contributed by atoms with Crippen LogP contribution in [-0.4, -0.2) is 60.6 Å². The molecule has 8 nitrogen and oxygen atoms in total. The fraction of sp³-hybridized carbons (Fsp3) is 0.412. The number of carbonyl (C=O) groups is 3. The highest BCUT2D eigenvalue weighted by molar-refractivity contribution is 7.80. The van der Waals surface area contributed by atoms with Crippen molar-refractivity contribution < 1.29 is 23.9 Å². The highest BCUT2D eigenvalue weighted by atomic mass is 32.1. The van der Waals surface area contributed by atoms with Crippen LogP contribution < -0.4 is 15.4 Å². The van der Waals surface area contributed by atoms with Gasteiger partial charge in [0.25, 0.3) is 5.91 Å². The van der Waals surface area contributed by atoms with Crippen LogP contribution in [0.2, 0.25) is 0 Å². The molecule has 140 valence electrons. The second-order valence-electron chi connectivity index (χ2n) is 5.50. The molecule has 0 saturated carbocycles. The van der Waals surface area contributed by atoms with Crippen LogP contribution in [0.3, 0.4) is 0 Å². The third kappa shape index (κ3) is 4.92. The molecule has 0 aliphatic carbocycles. The summed E-state index contributed by atoms with van der Waals surface area (Å²) in [5, 5.41) is 5.38. The number of amides is 2. The molecule has 1 atom stereocenters. The average Bonchev–Trinajstić information content (AvgIpc) is 2.63. The smallest absolute Gasteiger partial charge is 0.308 e. The molecule has 1 heterocycles. The zero-order chi connectivity index (χ0) is 19.1. The number of hydrogen-bond acceptors (Lipinski definition) is 6. The molecule has 2 rings (SSSR count). The van der Waals surface area contributed by atoms with E-state index in [1.807, 2.05) is 0 Å². The molecule has 2 amide bonds. The van der Waals surface area contributed by atoms with Crippen molar-refractivity contribution in [2.75, 3.05) is 26.8 Å². The first-order valence-electron chi connectivity index (χ1n) is 8.15. The molecule has 1 aromatic rings.